The number of alkyl halides is 3. The highest BCUT2D eigenvalue weighted by Crippen LogP contribution is 2.24. The van der Waals surface area contributed by atoms with Crippen LogP contribution in [0.2, 0.25) is 0 Å². The van der Waals surface area contributed by atoms with Gasteiger partial charge in [-0.2, -0.15) is 0 Å². The van der Waals surface area contributed by atoms with Crippen LogP contribution in [-0.2, 0) is 17.6 Å². The molecule has 0 aliphatic rings. The number of nitrogens with one attached hydrogen (secondary N) is 2. The van der Waals surface area contributed by atoms with Gasteiger partial charge in [0.15, 0.2) is 5.82 Å². The molecule has 0 saturated carbocycles. The minimum absolute atomic E-state index is 0.141. The molecule has 0 bridgehead atoms. The zero-order valence-electron chi connectivity index (χ0n) is 25.1. The largest absolute Gasteiger partial charge is 0.573 e. The first-order valence-electron chi connectivity index (χ1n) is 14.4. The van der Waals surface area contributed by atoms with Gasteiger partial charge in [-0.1, -0.05) is 55.8 Å². The van der Waals surface area contributed by atoms with Gasteiger partial charge in [0.1, 0.15) is 12.1 Å². The molecule has 236 valence electrons. The number of benzene rings is 3. The molecular weight excluding hydrogens is 587 g/mol. The van der Waals surface area contributed by atoms with Gasteiger partial charge in [-0.3, -0.25) is 20.0 Å². The van der Waals surface area contributed by atoms with Crippen molar-refractivity contribution in [3.8, 4) is 22.8 Å². The third-order valence-corrected chi connectivity index (χ3v) is 6.60. The molecule has 1 heterocycles. The van der Waals surface area contributed by atoms with Gasteiger partial charge in [0, 0.05) is 18.2 Å². The number of carbonyl (C=O) groups is 2. The van der Waals surface area contributed by atoms with E-state index in [1.807, 2.05) is 62.4 Å². The van der Waals surface area contributed by atoms with Crippen molar-refractivity contribution in [1.29, 1.82) is 0 Å². The Labute approximate surface area is 258 Å². The second kappa shape index (κ2) is 15.0. The van der Waals surface area contributed by atoms with E-state index in [-0.39, 0.29) is 17.8 Å². The molecule has 10 nitrogen and oxygen atoms in total. The van der Waals surface area contributed by atoms with Crippen LogP contribution in [0.5, 0.6) is 5.75 Å². The van der Waals surface area contributed by atoms with Gasteiger partial charge in [0.25, 0.3) is 0 Å². The molecule has 13 heteroatoms. The van der Waals surface area contributed by atoms with Crippen LogP contribution in [0, 0.1) is 0 Å². The highest BCUT2D eigenvalue weighted by molar-refractivity contribution is 6.14. The number of halogens is 3. The molecule has 1 atom stereocenters. The Morgan fingerprint density at radius 1 is 1.07 bits per heavy atom. The molecule has 0 fully saturated rings. The number of hydrogen-bond donors (Lipinski definition) is 2. The zero-order chi connectivity index (χ0) is 32.4. The van der Waals surface area contributed by atoms with Gasteiger partial charge >= 0.3 is 12.4 Å². The summed E-state index contributed by atoms with van der Waals surface area (Å²) in [6.07, 6.45) is -0.441. The van der Waals surface area contributed by atoms with Crippen molar-refractivity contribution >= 4 is 24.1 Å². The van der Waals surface area contributed by atoms with Gasteiger partial charge in [0.2, 0.25) is 12.4 Å². The van der Waals surface area contributed by atoms with Crippen LogP contribution in [-0.4, -0.2) is 52.1 Å². The van der Waals surface area contributed by atoms with E-state index in [0.29, 0.717) is 36.6 Å². The summed E-state index contributed by atoms with van der Waals surface area (Å²) in [5.41, 5.74) is 3.86. The topological polar surface area (TPSA) is 114 Å². The molecule has 1 aromatic heterocycles. The number of para-hydroxylation sites is 1. The third kappa shape index (κ3) is 9.15. The van der Waals surface area contributed by atoms with Crippen molar-refractivity contribution in [2.75, 3.05) is 11.4 Å². The summed E-state index contributed by atoms with van der Waals surface area (Å²) in [4.78, 5) is 35.0. The predicted molar refractivity (Wildman–Crippen MR) is 165 cm³/mol. The van der Waals surface area contributed by atoms with Crippen molar-refractivity contribution in [3.63, 3.8) is 0 Å². The van der Waals surface area contributed by atoms with E-state index in [2.05, 4.69) is 37.4 Å². The first-order valence-corrected chi connectivity index (χ1v) is 14.4. The molecule has 3 aromatic carbocycles. The Morgan fingerprint density at radius 3 is 2.42 bits per heavy atom. The Kier molecular flexibility index (Phi) is 10.9. The van der Waals surface area contributed by atoms with Gasteiger partial charge in [-0.25, -0.2) is 14.5 Å². The smallest absolute Gasteiger partial charge is 0.406 e. The van der Waals surface area contributed by atoms with E-state index < -0.39 is 12.4 Å². The predicted octanol–water partition coefficient (Wildman–Crippen LogP) is 6.05. The number of rotatable bonds is 11. The van der Waals surface area contributed by atoms with E-state index in [1.165, 1.54) is 40.2 Å². The van der Waals surface area contributed by atoms with E-state index in [1.54, 1.807) is 0 Å². The molecule has 4 aromatic rings. The number of amides is 3. The second-order valence-corrected chi connectivity index (χ2v) is 10.1. The van der Waals surface area contributed by atoms with Crippen LogP contribution >= 0.6 is 0 Å². The van der Waals surface area contributed by atoms with Crippen LogP contribution in [0.4, 0.5) is 23.7 Å². The number of guanidine groups is 1. The summed E-state index contributed by atoms with van der Waals surface area (Å²) in [5.74, 6) is 0.252. The molecule has 0 saturated heterocycles. The summed E-state index contributed by atoms with van der Waals surface area (Å²) in [7, 11) is 0. The molecule has 45 heavy (non-hydrogen) atoms. The quantitative estimate of drug-likeness (QED) is 0.120. The Hall–Kier alpha value is -5.20. The Balaban J connectivity index is 1.35. The first-order chi connectivity index (χ1) is 21.6. The molecule has 1 unspecified atom stereocenters. The average molecular weight is 622 g/mol. The van der Waals surface area contributed by atoms with E-state index in [9.17, 15) is 22.8 Å². The number of nitrogens with zero attached hydrogens (tertiary/aromatic N) is 5. The molecule has 0 spiro atoms. The average Bonchev–Trinajstić information content (AvgIpc) is 3.49. The molecule has 0 radical (unpaired) electrons. The highest BCUT2D eigenvalue weighted by Gasteiger charge is 2.31. The summed E-state index contributed by atoms with van der Waals surface area (Å²) in [5, 5.41) is 10.1. The lowest BCUT2D eigenvalue weighted by Crippen LogP contribution is -2.50. The number of aryl methyl sites for hydroxylation is 1. The van der Waals surface area contributed by atoms with Crippen LogP contribution in [0.15, 0.2) is 84.1 Å². The fourth-order valence-electron chi connectivity index (χ4n) is 4.65. The molecule has 4 rings (SSSR count). The van der Waals surface area contributed by atoms with Crippen molar-refractivity contribution < 1.29 is 27.5 Å². The van der Waals surface area contributed by atoms with Gasteiger partial charge in [-0.05, 0) is 68.1 Å². The lowest BCUT2D eigenvalue weighted by molar-refractivity contribution is -0.274. The third-order valence-electron chi connectivity index (χ3n) is 6.60. The number of carbonyl (C=O) groups excluding carboxylic acids is 2. The van der Waals surface area contributed by atoms with Crippen molar-refractivity contribution in [2.45, 2.75) is 52.4 Å². The maximum atomic E-state index is 12.9. The molecule has 3 amide bonds. The van der Waals surface area contributed by atoms with Crippen molar-refractivity contribution in [3.05, 3.63) is 90.3 Å². The number of aromatic nitrogens is 3. The Bertz CT molecular complexity index is 1600. The second-order valence-electron chi connectivity index (χ2n) is 10.1. The number of aliphatic imine (C=N–C) groups is 1. The standard InChI is InChI=1S/C32H34F3N7O3/c1-4-8-24-9-6-7-10-28(24)41(21-43)30(36-5-2)39-31(44)38-22(3)19-23-11-13-25(14-12-23)29-37-20-42(40-29)26-15-17-27(18-16-26)45-32(33,34)35/h6-7,9-18,20-22H,4-5,8,19H2,1-3H3,(H2,36,38,39,44). The monoisotopic (exact) mass is 621 g/mol. The van der Waals surface area contributed by atoms with E-state index >= 15 is 0 Å². The lowest BCUT2D eigenvalue weighted by Gasteiger charge is -2.23. The molecule has 2 N–H and O–H groups in total. The minimum atomic E-state index is -4.76. The van der Waals surface area contributed by atoms with Gasteiger partial charge in [-0.15, -0.1) is 18.3 Å². The summed E-state index contributed by atoms with van der Waals surface area (Å²) in [6.45, 7) is 6.11. The molecule has 0 aliphatic carbocycles. The maximum Gasteiger partial charge on any atom is 0.573 e. The van der Waals surface area contributed by atoms with Gasteiger partial charge in [0.05, 0.1) is 11.4 Å². The fourth-order valence-corrected chi connectivity index (χ4v) is 4.65. The SMILES string of the molecule is CCCc1ccccc1N(C=O)C(=NCC)NC(=O)NC(C)Cc1ccc(-c2ncn(-c3ccc(OC(F)(F)F)cc3)n2)cc1. The summed E-state index contributed by atoms with van der Waals surface area (Å²) < 4.78 is 42.6. The van der Waals surface area contributed by atoms with Crippen LogP contribution < -0.4 is 20.3 Å². The Morgan fingerprint density at radius 2 is 1.78 bits per heavy atom. The van der Waals surface area contributed by atoms with Crippen LogP contribution in [0.1, 0.15) is 38.3 Å². The summed E-state index contributed by atoms with van der Waals surface area (Å²) >= 11 is 0. The number of ether oxygens (including phenoxy) is 1. The van der Waals surface area contributed by atoms with E-state index in [0.717, 1.165) is 29.5 Å². The fraction of sp³-hybridized carbons (Fsp3) is 0.281. The molecular formula is C32H34F3N7O3. The van der Waals surface area contributed by atoms with Gasteiger partial charge < -0.3 is 10.1 Å². The first kappa shape index (κ1) is 32.7. The number of urea groups is 1. The minimum Gasteiger partial charge on any atom is -0.406 e. The number of anilines is 1. The highest BCUT2D eigenvalue weighted by atomic mass is 19.4. The molecule has 0 aliphatic heterocycles. The van der Waals surface area contributed by atoms with Crippen LogP contribution in [0.25, 0.3) is 17.1 Å². The van der Waals surface area contributed by atoms with E-state index in [4.69, 9.17) is 0 Å². The maximum absolute atomic E-state index is 12.9. The summed E-state index contributed by atoms with van der Waals surface area (Å²) in [6, 6.07) is 19.6. The normalized spacial score (nSPS) is 12.4. The number of hydrogen-bond acceptors (Lipinski definition) is 6. The van der Waals surface area contributed by atoms with Crippen molar-refractivity contribution in [1.82, 2.24) is 25.4 Å². The lowest BCUT2D eigenvalue weighted by atomic mass is 10.0. The van der Waals surface area contributed by atoms with Crippen molar-refractivity contribution in [2.24, 2.45) is 4.99 Å². The zero-order valence-corrected chi connectivity index (χ0v) is 25.1. The van der Waals surface area contributed by atoms with Crippen LogP contribution in [0.3, 0.4) is 0 Å².